The van der Waals surface area contributed by atoms with Gasteiger partial charge < -0.3 is 11.1 Å². The monoisotopic (exact) mass is 315 g/mol. The van der Waals surface area contributed by atoms with Crippen LogP contribution in [0.3, 0.4) is 0 Å². The highest BCUT2D eigenvalue weighted by molar-refractivity contribution is 5.85. The van der Waals surface area contributed by atoms with Crippen LogP contribution in [0.5, 0.6) is 0 Å². The minimum absolute atomic E-state index is 0. The molecule has 0 radical (unpaired) electrons. The number of piperidine rings is 1. The van der Waals surface area contributed by atoms with Crippen LogP contribution >= 0.6 is 12.4 Å². The summed E-state index contributed by atoms with van der Waals surface area (Å²) in [6, 6.07) is 0.422. The summed E-state index contributed by atoms with van der Waals surface area (Å²) < 4.78 is 1.83. The summed E-state index contributed by atoms with van der Waals surface area (Å²) >= 11 is 0. The molecule has 1 aromatic rings. The first-order valence-corrected chi connectivity index (χ1v) is 7.37. The number of nitrogens with one attached hydrogen (secondary N) is 1. The summed E-state index contributed by atoms with van der Waals surface area (Å²) in [6.45, 7) is 3.13. The first-order chi connectivity index (χ1) is 9.69. The van der Waals surface area contributed by atoms with Crippen molar-refractivity contribution in [2.45, 2.75) is 38.3 Å². The van der Waals surface area contributed by atoms with Crippen LogP contribution in [0.2, 0.25) is 0 Å². The summed E-state index contributed by atoms with van der Waals surface area (Å²) in [7, 11) is 1.93. The van der Waals surface area contributed by atoms with E-state index in [0.717, 1.165) is 26.1 Å². The Bertz CT molecular complexity index is 437. The molecule has 2 rings (SSSR count). The third kappa shape index (κ3) is 5.65. The second-order valence-corrected chi connectivity index (χ2v) is 5.49. The molecule has 120 valence electrons. The Morgan fingerprint density at radius 1 is 1.52 bits per heavy atom. The van der Waals surface area contributed by atoms with Crippen LogP contribution in [0.4, 0.5) is 0 Å². The highest BCUT2D eigenvalue weighted by atomic mass is 35.5. The molecule has 6 nitrogen and oxygen atoms in total. The van der Waals surface area contributed by atoms with Crippen molar-refractivity contribution in [1.82, 2.24) is 20.0 Å². The molecule has 1 aromatic heterocycles. The minimum Gasteiger partial charge on any atom is -0.354 e. The summed E-state index contributed by atoms with van der Waals surface area (Å²) in [5, 5.41) is 7.20. The van der Waals surface area contributed by atoms with E-state index in [1.54, 1.807) is 0 Å². The quantitative estimate of drug-likeness (QED) is 0.808. The molecule has 1 amide bonds. The van der Waals surface area contributed by atoms with Gasteiger partial charge in [-0.1, -0.05) is 6.42 Å². The molecular formula is C14H26ClN5O. The molecule has 2 heterocycles. The lowest BCUT2D eigenvalue weighted by atomic mass is 10.0. The Balaban J connectivity index is 0.00000220. The normalized spacial score (nSPS) is 19.0. The molecular weight excluding hydrogens is 290 g/mol. The molecule has 1 aliphatic heterocycles. The predicted molar refractivity (Wildman–Crippen MR) is 85.2 cm³/mol. The van der Waals surface area contributed by atoms with Crippen molar-refractivity contribution in [2.75, 3.05) is 19.6 Å². The fraction of sp³-hybridized carbons (Fsp3) is 0.714. The zero-order chi connectivity index (χ0) is 14.4. The van der Waals surface area contributed by atoms with Gasteiger partial charge in [-0.15, -0.1) is 12.4 Å². The second kappa shape index (κ2) is 9.02. The van der Waals surface area contributed by atoms with Crippen molar-refractivity contribution in [2.24, 2.45) is 12.8 Å². The largest absolute Gasteiger partial charge is 0.354 e. The number of nitrogens with zero attached hydrogens (tertiary/aromatic N) is 3. The minimum atomic E-state index is 0. The Hall–Kier alpha value is -1.11. The maximum absolute atomic E-state index is 11.5. The molecule has 0 spiro atoms. The van der Waals surface area contributed by atoms with Crippen molar-refractivity contribution in [3.8, 4) is 0 Å². The van der Waals surface area contributed by atoms with Gasteiger partial charge >= 0.3 is 0 Å². The van der Waals surface area contributed by atoms with Gasteiger partial charge in [0.15, 0.2) is 0 Å². The number of carbonyl (C=O) groups excluding carboxylic acids is 1. The lowest BCUT2D eigenvalue weighted by Crippen LogP contribution is -2.46. The van der Waals surface area contributed by atoms with Gasteiger partial charge in [-0.3, -0.25) is 14.4 Å². The number of rotatable bonds is 6. The van der Waals surface area contributed by atoms with E-state index in [1.165, 1.54) is 18.4 Å². The number of halogens is 1. The van der Waals surface area contributed by atoms with Crippen molar-refractivity contribution in [3.05, 3.63) is 18.0 Å². The number of likely N-dealkylation sites (tertiary alicyclic amines) is 1. The highest BCUT2D eigenvalue weighted by Crippen LogP contribution is 2.19. The third-order valence-corrected chi connectivity index (χ3v) is 3.80. The zero-order valence-electron chi connectivity index (χ0n) is 12.6. The molecule has 1 unspecified atom stereocenters. The molecule has 3 N–H and O–H groups in total. The highest BCUT2D eigenvalue weighted by Gasteiger charge is 2.23. The van der Waals surface area contributed by atoms with E-state index in [1.807, 2.05) is 17.9 Å². The van der Waals surface area contributed by atoms with Gasteiger partial charge in [-0.2, -0.15) is 5.10 Å². The summed E-state index contributed by atoms with van der Waals surface area (Å²) in [5.74, 6) is 0.0550. The van der Waals surface area contributed by atoms with E-state index < -0.39 is 0 Å². The molecule has 0 aromatic carbocycles. The van der Waals surface area contributed by atoms with Crippen LogP contribution in [0.1, 0.15) is 31.2 Å². The third-order valence-electron chi connectivity index (χ3n) is 3.80. The van der Waals surface area contributed by atoms with Crippen LogP contribution in [0.25, 0.3) is 0 Å². The molecule has 1 atom stereocenters. The lowest BCUT2D eigenvalue weighted by Gasteiger charge is -2.35. The zero-order valence-corrected chi connectivity index (χ0v) is 13.4. The van der Waals surface area contributed by atoms with Crippen LogP contribution < -0.4 is 11.1 Å². The first kappa shape index (κ1) is 17.9. The molecule has 1 fully saturated rings. The number of carbonyl (C=O) groups is 1. The van der Waals surface area contributed by atoms with Crippen LogP contribution in [-0.2, 0) is 18.4 Å². The number of hydrogen-bond acceptors (Lipinski definition) is 4. The van der Waals surface area contributed by atoms with Crippen molar-refractivity contribution >= 4 is 18.3 Å². The molecule has 7 heteroatoms. The standard InChI is InChI=1S/C14H25N5O.ClH/c1-18-10-12(8-17-18)11-19-7-3-2-4-13(19)9-16-14(20)5-6-15;/h8,10,13H,2-7,9,11,15H2,1H3,(H,16,20);1H. The maximum Gasteiger partial charge on any atom is 0.221 e. The predicted octanol–water partition coefficient (Wildman–Crippen LogP) is 0.661. The van der Waals surface area contributed by atoms with Crippen molar-refractivity contribution in [3.63, 3.8) is 0 Å². The Morgan fingerprint density at radius 3 is 3.00 bits per heavy atom. The lowest BCUT2D eigenvalue weighted by molar-refractivity contribution is -0.121. The average Bonchev–Trinajstić information content (AvgIpc) is 2.83. The fourth-order valence-electron chi connectivity index (χ4n) is 2.74. The van der Waals surface area contributed by atoms with Gasteiger partial charge in [0, 0.05) is 50.9 Å². The van der Waals surface area contributed by atoms with Crippen molar-refractivity contribution in [1.29, 1.82) is 0 Å². The number of hydrogen-bond donors (Lipinski definition) is 2. The smallest absolute Gasteiger partial charge is 0.221 e. The van der Waals surface area contributed by atoms with Gasteiger partial charge in [0.05, 0.1) is 6.20 Å². The van der Waals surface area contributed by atoms with E-state index in [4.69, 9.17) is 5.73 Å². The number of amides is 1. The Morgan fingerprint density at radius 2 is 2.33 bits per heavy atom. The summed E-state index contributed by atoms with van der Waals surface area (Å²) in [4.78, 5) is 14.0. The molecule has 21 heavy (non-hydrogen) atoms. The van der Waals surface area contributed by atoms with Crippen LogP contribution in [0.15, 0.2) is 12.4 Å². The summed E-state index contributed by atoms with van der Waals surface area (Å²) in [6.07, 6.45) is 7.99. The first-order valence-electron chi connectivity index (χ1n) is 7.37. The van der Waals surface area contributed by atoms with Gasteiger partial charge in [-0.25, -0.2) is 0 Å². The fourth-order valence-corrected chi connectivity index (χ4v) is 2.74. The van der Waals surface area contributed by atoms with Gasteiger partial charge in [0.2, 0.25) is 5.91 Å². The molecule has 1 saturated heterocycles. The van der Waals surface area contributed by atoms with Gasteiger partial charge in [-0.05, 0) is 19.4 Å². The average molecular weight is 316 g/mol. The maximum atomic E-state index is 11.5. The summed E-state index contributed by atoms with van der Waals surface area (Å²) in [5.41, 5.74) is 6.62. The van der Waals surface area contributed by atoms with E-state index in [-0.39, 0.29) is 18.3 Å². The van der Waals surface area contributed by atoms with Crippen LogP contribution in [-0.4, -0.2) is 46.3 Å². The van der Waals surface area contributed by atoms with E-state index >= 15 is 0 Å². The molecule has 0 bridgehead atoms. The molecule has 0 saturated carbocycles. The Labute approximate surface area is 132 Å². The Kier molecular flexibility index (Phi) is 7.71. The molecule has 1 aliphatic rings. The van der Waals surface area contributed by atoms with Gasteiger partial charge in [0.25, 0.3) is 0 Å². The molecule has 0 aliphatic carbocycles. The SMILES string of the molecule is Cl.Cn1cc(CN2CCCCC2CNC(=O)CCN)cn1. The van der Waals surface area contributed by atoms with E-state index in [9.17, 15) is 4.79 Å². The van der Waals surface area contributed by atoms with Gasteiger partial charge in [0.1, 0.15) is 0 Å². The number of aromatic nitrogens is 2. The van der Waals surface area contributed by atoms with E-state index in [0.29, 0.717) is 19.0 Å². The van der Waals surface area contributed by atoms with Crippen LogP contribution in [0, 0.1) is 0 Å². The second-order valence-electron chi connectivity index (χ2n) is 5.49. The van der Waals surface area contributed by atoms with Crippen molar-refractivity contribution < 1.29 is 4.79 Å². The number of nitrogens with two attached hydrogens (primary N) is 1. The number of aryl methyl sites for hydroxylation is 1. The van der Waals surface area contributed by atoms with E-state index in [2.05, 4.69) is 21.5 Å². The topological polar surface area (TPSA) is 76.2 Å².